The van der Waals surface area contributed by atoms with Crippen LogP contribution in [0.25, 0.3) is 0 Å². The summed E-state index contributed by atoms with van der Waals surface area (Å²) in [5, 5.41) is 10.1. The van der Waals surface area contributed by atoms with Crippen molar-refractivity contribution in [3.63, 3.8) is 0 Å². The van der Waals surface area contributed by atoms with Gasteiger partial charge in [0.2, 0.25) is 0 Å². The second kappa shape index (κ2) is 8.08. The number of methoxy groups -OCH3 is 1. The molecule has 0 radical (unpaired) electrons. The fourth-order valence-corrected chi connectivity index (χ4v) is 5.48. The van der Waals surface area contributed by atoms with Crippen LogP contribution in [-0.2, 0) is 14.4 Å². The third-order valence-electron chi connectivity index (χ3n) is 5.94. The lowest BCUT2D eigenvalue weighted by molar-refractivity contribution is -0.138. The molecule has 0 fully saturated rings. The quantitative estimate of drug-likeness (QED) is 0.728. The predicted octanol–water partition coefficient (Wildman–Crippen LogP) is 4.50. The Morgan fingerprint density at radius 3 is 1.97 bits per heavy atom. The second-order valence-corrected chi connectivity index (χ2v) is 8.52. The minimum absolute atomic E-state index is 0.0652. The molecule has 4 rings (SSSR count). The highest BCUT2D eigenvalue weighted by molar-refractivity contribution is 6.37. The summed E-state index contributed by atoms with van der Waals surface area (Å²) in [6.07, 6.45) is 3.22. The third kappa shape index (κ3) is 3.42. The summed E-state index contributed by atoms with van der Waals surface area (Å²) in [7, 11) is 1.47. The number of allylic oxidation sites excluding steroid dienone is 4. The maximum absolute atomic E-state index is 13.1. The molecule has 1 aromatic carbocycles. The van der Waals surface area contributed by atoms with E-state index in [2.05, 4.69) is 0 Å². The molecule has 0 amide bonds. The normalized spacial score (nSPS) is 19.8. The minimum atomic E-state index is -1.00. The van der Waals surface area contributed by atoms with E-state index >= 15 is 0 Å². The number of carboxylic acid groups (broad SMARTS) is 1. The number of benzene rings is 1. The summed E-state index contributed by atoms with van der Waals surface area (Å²) in [5.41, 5.74) is 3.04. The lowest BCUT2D eigenvalue weighted by atomic mass is 9.71. The molecule has 2 aliphatic carbocycles. The highest BCUT2D eigenvalue weighted by Crippen LogP contribution is 2.50. The molecule has 0 saturated heterocycles. The smallest absolute Gasteiger partial charge is 0.323 e. The van der Waals surface area contributed by atoms with Gasteiger partial charge in [-0.25, -0.2) is 0 Å². The van der Waals surface area contributed by atoms with Gasteiger partial charge in [0.05, 0.1) is 17.2 Å². The van der Waals surface area contributed by atoms with Crippen LogP contribution in [0.5, 0.6) is 5.75 Å². The van der Waals surface area contributed by atoms with Crippen molar-refractivity contribution in [2.75, 3.05) is 13.7 Å². The molecule has 0 bridgehead atoms. The van der Waals surface area contributed by atoms with Crippen molar-refractivity contribution >= 4 is 40.7 Å². The zero-order chi connectivity index (χ0) is 21.6. The number of halogens is 2. The van der Waals surface area contributed by atoms with Crippen LogP contribution in [-0.4, -0.2) is 41.2 Å². The number of rotatable bonds is 4. The second-order valence-electron chi connectivity index (χ2n) is 7.70. The maximum Gasteiger partial charge on any atom is 0.323 e. The highest BCUT2D eigenvalue weighted by atomic mass is 35.5. The third-order valence-corrected chi connectivity index (χ3v) is 6.50. The largest absolute Gasteiger partial charge is 0.494 e. The molecule has 1 aliphatic heterocycles. The molecule has 158 valence electrons. The number of hydrogen-bond donors (Lipinski definition) is 1. The molecule has 0 spiro atoms. The molecule has 0 saturated carbocycles. The van der Waals surface area contributed by atoms with Crippen LogP contribution in [0.4, 0.5) is 0 Å². The van der Waals surface area contributed by atoms with Gasteiger partial charge in [-0.1, -0.05) is 23.2 Å². The van der Waals surface area contributed by atoms with Crippen molar-refractivity contribution < 1.29 is 24.2 Å². The molecule has 8 heteroatoms. The highest BCUT2D eigenvalue weighted by Gasteiger charge is 2.43. The number of ether oxygens (including phenoxy) is 1. The van der Waals surface area contributed by atoms with Gasteiger partial charge in [0.15, 0.2) is 17.3 Å². The predicted molar refractivity (Wildman–Crippen MR) is 112 cm³/mol. The summed E-state index contributed by atoms with van der Waals surface area (Å²) in [5.74, 6) is -1.40. The van der Waals surface area contributed by atoms with Gasteiger partial charge in [-0.2, -0.15) is 0 Å². The molecule has 0 aromatic heterocycles. The van der Waals surface area contributed by atoms with Gasteiger partial charge >= 0.3 is 5.97 Å². The molecule has 1 aromatic rings. The Morgan fingerprint density at radius 2 is 1.53 bits per heavy atom. The van der Waals surface area contributed by atoms with E-state index in [9.17, 15) is 19.5 Å². The summed E-state index contributed by atoms with van der Waals surface area (Å²) in [6, 6.07) is 3.37. The van der Waals surface area contributed by atoms with Gasteiger partial charge in [0, 0.05) is 41.3 Å². The Labute approximate surface area is 184 Å². The van der Waals surface area contributed by atoms with Crippen LogP contribution in [0.15, 0.2) is 34.7 Å². The molecule has 6 nitrogen and oxygen atoms in total. The van der Waals surface area contributed by atoms with Gasteiger partial charge in [-0.3, -0.25) is 14.4 Å². The molecular formula is C22H21Cl2NO5. The average molecular weight is 450 g/mol. The lowest BCUT2D eigenvalue weighted by Gasteiger charge is -2.43. The van der Waals surface area contributed by atoms with Crippen molar-refractivity contribution in [1.29, 1.82) is 0 Å². The van der Waals surface area contributed by atoms with E-state index in [-0.39, 0.29) is 18.1 Å². The topological polar surface area (TPSA) is 83.9 Å². The standard InChI is InChI=1S/C22H21Cl2NO5/c1-30-22-12(23)8-11(9-13(22)24)19-20-14(4-2-6-16(20)26)25(10-18(28)29)15-5-3-7-17(27)21(15)19/h8-9,19H,2-7,10H2,1H3,(H,28,29). The maximum atomic E-state index is 13.1. The molecular weight excluding hydrogens is 429 g/mol. The Morgan fingerprint density at radius 1 is 1.03 bits per heavy atom. The van der Waals surface area contributed by atoms with E-state index in [0.717, 1.165) is 0 Å². The van der Waals surface area contributed by atoms with Crippen molar-refractivity contribution in [1.82, 2.24) is 4.90 Å². The number of Topliss-reactive ketones (excluding diaryl/α,β-unsaturated/α-hetero) is 2. The van der Waals surface area contributed by atoms with E-state index in [1.165, 1.54) is 7.11 Å². The molecule has 1 heterocycles. The van der Waals surface area contributed by atoms with Crippen LogP contribution >= 0.6 is 23.2 Å². The van der Waals surface area contributed by atoms with E-state index in [1.54, 1.807) is 17.0 Å². The van der Waals surface area contributed by atoms with E-state index in [1.807, 2.05) is 0 Å². The lowest BCUT2D eigenvalue weighted by Crippen LogP contribution is -2.41. The Balaban J connectivity index is 1.98. The molecule has 0 atom stereocenters. The van der Waals surface area contributed by atoms with Gasteiger partial charge in [0.1, 0.15) is 6.54 Å². The molecule has 1 N–H and O–H groups in total. The Kier molecular flexibility index (Phi) is 5.64. The van der Waals surface area contributed by atoms with Gasteiger partial charge in [0.25, 0.3) is 0 Å². The Hall–Kier alpha value is -2.31. The SMILES string of the molecule is COc1c(Cl)cc(C2C3=C(CCCC3=O)N(CC(=O)O)C3=C2C(=O)CCC3)cc1Cl. The number of carbonyl (C=O) groups excluding carboxylic acids is 2. The first-order valence-electron chi connectivity index (χ1n) is 9.88. The van der Waals surface area contributed by atoms with E-state index in [0.29, 0.717) is 82.4 Å². The first kappa shape index (κ1) is 20.9. The number of ketones is 2. The van der Waals surface area contributed by atoms with E-state index < -0.39 is 11.9 Å². The monoisotopic (exact) mass is 449 g/mol. The number of carbonyl (C=O) groups is 3. The summed E-state index contributed by atoms with van der Waals surface area (Å²) < 4.78 is 5.24. The number of nitrogens with zero attached hydrogens (tertiary/aromatic N) is 1. The Bertz CT molecular complexity index is 959. The van der Waals surface area contributed by atoms with Crippen LogP contribution in [0, 0.1) is 0 Å². The van der Waals surface area contributed by atoms with E-state index in [4.69, 9.17) is 27.9 Å². The molecule has 30 heavy (non-hydrogen) atoms. The van der Waals surface area contributed by atoms with Gasteiger partial charge < -0.3 is 14.7 Å². The molecule has 0 unspecified atom stereocenters. The number of aliphatic carboxylic acids is 1. The first-order chi connectivity index (χ1) is 14.3. The number of hydrogen-bond acceptors (Lipinski definition) is 5. The van der Waals surface area contributed by atoms with Crippen LogP contribution < -0.4 is 4.74 Å². The van der Waals surface area contributed by atoms with Crippen molar-refractivity contribution in [2.45, 2.75) is 44.4 Å². The average Bonchev–Trinajstić information content (AvgIpc) is 2.68. The number of carboxylic acids is 1. The summed E-state index contributed by atoms with van der Waals surface area (Å²) >= 11 is 12.8. The van der Waals surface area contributed by atoms with Crippen LogP contribution in [0.3, 0.4) is 0 Å². The van der Waals surface area contributed by atoms with Crippen LogP contribution in [0.1, 0.15) is 50.0 Å². The van der Waals surface area contributed by atoms with Gasteiger partial charge in [-0.05, 0) is 43.4 Å². The minimum Gasteiger partial charge on any atom is -0.494 e. The van der Waals surface area contributed by atoms with Crippen molar-refractivity contribution in [3.05, 3.63) is 50.3 Å². The van der Waals surface area contributed by atoms with Gasteiger partial charge in [-0.15, -0.1) is 0 Å². The van der Waals surface area contributed by atoms with Crippen LogP contribution in [0.2, 0.25) is 10.0 Å². The fraction of sp³-hybridized carbons (Fsp3) is 0.409. The van der Waals surface area contributed by atoms with Crippen molar-refractivity contribution in [3.8, 4) is 5.75 Å². The zero-order valence-corrected chi connectivity index (χ0v) is 18.0. The zero-order valence-electron chi connectivity index (χ0n) is 16.5. The summed E-state index contributed by atoms with van der Waals surface area (Å²) in [6.45, 7) is -0.269. The first-order valence-corrected chi connectivity index (χ1v) is 10.6. The fourth-order valence-electron chi connectivity index (χ4n) is 4.82. The summed E-state index contributed by atoms with van der Waals surface area (Å²) in [4.78, 5) is 39.4. The molecule has 3 aliphatic rings. The van der Waals surface area contributed by atoms with Crippen molar-refractivity contribution in [2.24, 2.45) is 0 Å².